The molecule has 0 saturated heterocycles. The summed E-state index contributed by atoms with van der Waals surface area (Å²) in [5, 5.41) is 2.83. The van der Waals surface area contributed by atoms with E-state index < -0.39 is 0 Å². The molecule has 0 bridgehead atoms. The Morgan fingerprint density at radius 3 is 3.00 bits per heavy atom. The van der Waals surface area contributed by atoms with Gasteiger partial charge in [0, 0.05) is 32.8 Å². The van der Waals surface area contributed by atoms with Crippen LogP contribution in [0.5, 0.6) is 0 Å². The Morgan fingerprint density at radius 2 is 2.33 bits per heavy atom. The van der Waals surface area contributed by atoms with Crippen molar-refractivity contribution in [2.75, 3.05) is 20.1 Å². The van der Waals surface area contributed by atoms with Crippen molar-refractivity contribution in [1.82, 2.24) is 14.8 Å². The van der Waals surface area contributed by atoms with Crippen LogP contribution >= 0.6 is 0 Å². The number of carbonyl (C=O) groups is 2. The maximum absolute atomic E-state index is 11.9. The van der Waals surface area contributed by atoms with E-state index in [0.717, 1.165) is 5.56 Å². The summed E-state index contributed by atoms with van der Waals surface area (Å²) in [5.41, 5.74) is 1.69. The van der Waals surface area contributed by atoms with Gasteiger partial charge >= 0.3 is 0 Å². The van der Waals surface area contributed by atoms with Gasteiger partial charge in [-0.3, -0.25) is 9.59 Å². The fourth-order valence-corrected chi connectivity index (χ4v) is 2.20. The lowest BCUT2D eigenvalue weighted by Gasteiger charge is -2.27. The molecule has 1 aromatic rings. The molecule has 0 radical (unpaired) electrons. The van der Waals surface area contributed by atoms with Crippen molar-refractivity contribution in [1.29, 1.82) is 0 Å². The van der Waals surface area contributed by atoms with Crippen molar-refractivity contribution in [2.45, 2.75) is 26.3 Å². The van der Waals surface area contributed by atoms with Gasteiger partial charge in [0.2, 0.25) is 5.91 Å². The van der Waals surface area contributed by atoms with Gasteiger partial charge in [0.15, 0.2) is 0 Å². The summed E-state index contributed by atoms with van der Waals surface area (Å²) in [6.45, 7) is 5.13. The first-order valence-corrected chi connectivity index (χ1v) is 6.23. The lowest BCUT2D eigenvalue weighted by atomic mass is 10.1. The summed E-state index contributed by atoms with van der Waals surface area (Å²) in [4.78, 5) is 25.3. The third-order valence-corrected chi connectivity index (χ3v) is 3.42. The van der Waals surface area contributed by atoms with Gasteiger partial charge in [-0.15, -0.1) is 0 Å². The molecule has 0 fully saturated rings. The maximum atomic E-state index is 11.9. The van der Waals surface area contributed by atoms with Crippen molar-refractivity contribution in [2.24, 2.45) is 0 Å². The van der Waals surface area contributed by atoms with Crippen molar-refractivity contribution in [3.05, 3.63) is 23.5 Å². The van der Waals surface area contributed by atoms with Crippen molar-refractivity contribution >= 4 is 11.8 Å². The van der Waals surface area contributed by atoms with E-state index in [4.69, 9.17) is 0 Å². The predicted molar refractivity (Wildman–Crippen MR) is 68.5 cm³/mol. The largest absolute Gasteiger partial charge is 0.349 e. The van der Waals surface area contributed by atoms with E-state index >= 15 is 0 Å². The van der Waals surface area contributed by atoms with Gasteiger partial charge in [0.25, 0.3) is 5.91 Å². The number of nitrogens with zero attached hydrogens (tertiary/aromatic N) is 2. The first-order chi connectivity index (χ1) is 8.52. The molecule has 0 saturated carbocycles. The Balaban J connectivity index is 2.19. The first kappa shape index (κ1) is 12.7. The normalized spacial score (nSPS) is 18.2. The molecule has 2 heterocycles. The van der Waals surface area contributed by atoms with Crippen LogP contribution in [0.3, 0.4) is 0 Å². The maximum Gasteiger partial charge on any atom is 0.267 e. The van der Waals surface area contributed by atoms with E-state index in [1.54, 1.807) is 11.9 Å². The molecule has 1 unspecified atom stereocenters. The Labute approximate surface area is 107 Å². The molecule has 1 aliphatic heterocycles. The van der Waals surface area contributed by atoms with Crippen LogP contribution in [-0.4, -0.2) is 41.4 Å². The minimum Gasteiger partial charge on any atom is -0.349 e. The molecule has 5 heteroatoms. The molecule has 5 nitrogen and oxygen atoms in total. The molecule has 2 amide bonds. The lowest BCUT2D eigenvalue weighted by Crippen LogP contribution is -2.40. The highest BCUT2D eigenvalue weighted by Gasteiger charge is 2.27. The summed E-state index contributed by atoms with van der Waals surface area (Å²) >= 11 is 0. The molecule has 98 valence electrons. The van der Waals surface area contributed by atoms with Crippen LogP contribution in [0.2, 0.25) is 0 Å². The molecule has 1 atom stereocenters. The van der Waals surface area contributed by atoms with Gasteiger partial charge in [-0.1, -0.05) is 0 Å². The average Bonchev–Trinajstić information content (AvgIpc) is 2.74. The monoisotopic (exact) mass is 249 g/mol. The van der Waals surface area contributed by atoms with Crippen LogP contribution in [0.15, 0.2) is 12.3 Å². The molecule has 1 aromatic heterocycles. The van der Waals surface area contributed by atoms with Crippen LogP contribution in [0.25, 0.3) is 0 Å². The molecule has 0 aliphatic carbocycles. The minimum atomic E-state index is -0.0596. The van der Waals surface area contributed by atoms with E-state index in [1.165, 1.54) is 0 Å². The SMILES string of the molecule is CCN(C)C(=O)CC1CNC(=O)c2cc(C)cn21. The smallest absolute Gasteiger partial charge is 0.267 e. The highest BCUT2D eigenvalue weighted by atomic mass is 16.2. The first-order valence-electron chi connectivity index (χ1n) is 6.23. The molecular formula is C13H19N3O2. The Bertz CT molecular complexity index is 479. The number of carbonyl (C=O) groups excluding carboxylic acids is 2. The summed E-state index contributed by atoms with van der Waals surface area (Å²) in [6, 6.07) is 1.88. The molecule has 0 spiro atoms. The van der Waals surface area contributed by atoms with Crippen LogP contribution in [0.1, 0.15) is 35.4 Å². The highest BCUT2D eigenvalue weighted by molar-refractivity contribution is 5.94. The fraction of sp³-hybridized carbons (Fsp3) is 0.538. The van der Waals surface area contributed by atoms with Crippen molar-refractivity contribution in [3.63, 3.8) is 0 Å². The number of nitrogens with one attached hydrogen (secondary N) is 1. The molecule has 18 heavy (non-hydrogen) atoms. The summed E-state index contributed by atoms with van der Waals surface area (Å²) < 4.78 is 1.93. The lowest BCUT2D eigenvalue weighted by molar-refractivity contribution is -0.130. The number of hydrogen-bond donors (Lipinski definition) is 1. The zero-order valence-corrected chi connectivity index (χ0v) is 11.1. The van der Waals surface area contributed by atoms with Gasteiger partial charge in [0.05, 0.1) is 6.04 Å². The number of amides is 2. The zero-order chi connectivity index (χ0) is 13.3. The van der Waals surface area contributed by atoms with Crippen molar-refractivity contribution < 1.29 is 9.59 Å². The molecular weight excluding hydrogens is 230 g/mol. The van der Waals surface area contributed by atoms with E-state index in [2.05, 4.69) is 5.32 Å². The van der Waals surface area contributed by atoms with Crippen molar-refractivity contribution in [3.8, 4) is 0 Å². The number of aromatic nitrogens is 1. The van der Waals surface area contributed by atoms with Gasteiger partial charge in [0.1, 0.15) is 5.69 Å². The van der Waals surface area contributed by atoms with E-state index in [-0.39, 0.29) is 17.9 Å². The second-order valence-corrected chi connectivity index (χ2v) is 4.79. The Kier molecular flexibility index (Phi) is 3.41. The van der Waals surface area contributed by atoms with Crippen LogP contribution in [-0.2, 0) is 4.79 Å². The third kappa shape index (κ3) is 2.25. The Morgan fingerprint density at radius 1 is 1.61 bits per heavy atom. The number of hydrogen-bond acceptors (Lipinski definition) is 2. The van der Waals surface area contributed by atoms with Crippen LogP contribution < -0.4 is 5.32 Å². The molecule has 2 rings (SSSR count). The van der Waals surface area contributed by atoms with Gasteiger partial charge < -0.3 is 14.8 Å². The van der Waals surface area contributed by atoms with E-state index in [0.29, 0.717) is 25.2 Å². The molecule has 1 aliphatic rings. The van der Waals surface area contributed by atoms with Gasteiger partial charge in [-0.25, -0.2) is 0 Å². The fourth-order valence-electron chi connectivity index (χ4n) is 2.20. The van der Waals surface area contributed by atoms with E-state index in [1.807, 2.05) is 30.7 Å². The highest BCUT2D eigenvalue weighted by Crippen LogP contribution is 2.22. The van der Waals surface area contributed by atoms with E-state index in [9.17, 15) is 9.59 Å². The second-order valence-electron chi connectivity index (χ2n) is 4.79. The number of rotatable bonds is 3. The quantitative estimate of drug-likeness (QED) is 0.867. The Hall–Kier alpha value is -1.78. The summed E-state index contributed by atoms with van der Waals surface area (Å²) in [6.07, 6.45) is 2.36. The molecule has 1 N–H and O–H groups in total. The average molecular weight is 249 g/mol. The number of aryl methyl sites for hydroxylation is 1. The second kappa shape index (κ2) is 4.84. The summed E-state index contributed by atoms with van der Waals surface area (Å²) in [7, 11) is 1.80. The van der Waals surface area contributed by atoms with Crippen LogP contribution in [0.4, 0.5) is 0 Å². The minimum absolute atomic E-state index is 0.0212. The molecule has 0 aromatic carbocycles. The third-order valence-electron chi connectivity index (χ3n) is 3.42. The standard InChI is InChI=1S/C13H19N3O2/c1-4-15(3)12(17)6-10-7-14-13(18)11-5-9(2)8-16(10)11/h5,8,10H,4,6-7H2,1-3H3,(H,14,18). The number of fused-ring (bicyclic) bond motifs is 1. The van der Waals surface area contributed by atoms with Gasteiger partial charge in [-0.2, -0.15) is 0 Å². The topological polar surface area (TPSA) is 54.3 Å². The van der Waals surface area contributed by atoms with Gasteiger partial charge in [-0.05, 0) is 25.5 Å². The zero-order valence-electron chi connectivity index (χ0n) is 11.1. The summed E-state index contributed by atoms with van der Waals surface area (Å²) in [5.74, 6) is 0.0478. The predicted octanol–water partition coefficient (Wildman–Crippen LogP) is 0.949. The van der Waals surface area contributed by atoms with Crippen LogP contribution in [0, 0.1) is 6.92 Å².